The number of rotatable bonds is 6. The summed E-state index contributed by atoms with van der Waals surface area (Å²) >= 11 is 6.03. The lowest BCUT2D eigenvalue weighted by Gasteiger charge is -2.17. The number of carbonyl (C=O) groups is 1. The molecule has 1 atom stereocenters. The third-order valence-corrected chi connectivity index (χ3v) is 6.05. The smallest absolute Gasteiger partial charge is 0.253 e. The fourth-order valence-corrected chi connectivity index (χ4v) is 3.57. The second-order valence-electron chi connectivity index (χ2n) is 6.21. The minimum Gasteiger partial charge on any atom is -0.349 e. The molecule has 0 radical (unpaired) electrons. The van der Waals surface area contributed by atoms with E-state index in [2.05, 4.69) is 5.32 Å². The van der Waals surface area contributed by atoms with Crippen molar-refractivity contribution in [2.75, 3.05) is 14.1 Å². The summed E-state index contributed by atoms with van der Waals surface area (Å²) in [4.78, 5) is 12.4. The molecule has 146 valence electrons. The van der Waals surface area contributed by atoms with Gasteiger partial charge in [-0.3, -0.25) is 4.79 Å². The number of hydrogen-bond acceptors (Lipinski definition) is 3. The molecule has 0 saturated carbocycles. The molecule has 27 heavy (non-hydrogen) atoms. The van der Waals surface area contributed by atoms with Gasteiger partial charge in [0.25, 0.3) is 5.91 Å². The molecule has 5 nitrogen and oxygen atoms in total. The lowest BCUT2D eigenvalue weighted by atomic mass is 10.1. The maximum atomic E-state index is 13.7. The molecule has 0 aliphatic rings. The quantitative estimate of drug-likeness (QED) is 0.786. The third kappa shape index (κ3) is 4.82. The Kier molecular flexibility index (Phi) is 6.56. The molecular formula is C18H19ClF2N2O3S. The van der Waals surface area contributed by atoms with E-state index in [0.717, 1.165) is 16.4 Å². The second kappa shape index (κ2) is 8.33. The zero-order valence-electron chi connectivity index (χ0n) is 15.0. The Morgan fingerprint density at radius 3 is 2.33 bits per heavy atom. The maximum absolute atomic E-state index is 13.7. The fourth-order valence-electron chi connectivity index (χ4n) is 2.44. The summed E-state index contributed by atoms with van der Waals surface area (Å²) in [6.45, 7) is 1.58. The van der Waals surface area contributed by atoms with Crippen LogP contribution in [0.2, 0.25) is 5.02 Å². The van der Waals surface area contributed by atoms with Gasteiger partial charge in [0.05, 0.1) is 15.5 Å². The molecule has 9 heteroatoms. The highest BCUT2D eigenvalue weighted by Gasteiger charge is 2.22. The number of sulfonamides is 1. The number of halogens is 3. The highest BCUT2D eigenvalue weighted by molar-refractivity contribution is 7.89. The predicted molar refractivity (Wildman–Crippen MR) is 99.3 cm³/mol. The molecule has 0 spiro atoms. The van der Waals surface area contributed by atoms with E-state index in [1.165, 1.54) is 38.4 Å². The molecule has 2 aromatic carbocycles. The largest absolute Gasteiger partial charge is 0.349 e. The van der Waals surface area contributed by atoms with Crippen LogP contribution in [-0.4, -0.2) is 38.8 Å². The average Bonchev–Trinajstić information content (AvgIpc) is 2.58. The van der Waals surface area contributed by atoms with E-state index >= 15 is 0 Å². The zero-order valence-corrected chi connectivity index (χ0v) is 16.5. The van der Waals surface area contributed by atoms with Crippen LogP contribution in [0.5, 0.6) is 0 Å². The minimum absolute atomic E-state index is 0.0413. The zero-order chi connectivity index (χ0) is 20.4. The summed E-state index contributed by atoms with van der Waals surface area (Å²) in [5.41, 5.74) is -0.180. The average molecular weight is 417 g/mol. The van der Waals surface area contributed by atoms with Crippen molar-refractivity contribution in [1.82, 2.24) is 9.62 Å². The van der Waals surface area contributed by atoms with Gasteiger partial charge in [0.2, 0.25) is 10.0 Å². The number of nitrogens with one attached hydrogen (secondary N) is 1. The maximum Gasteiger partial charge on any atom is 0.253 e. The summed E-state index contributed by atoms with van der Waals surface area (Å²) in [5.74, 6) is -2.04. The Bertz CT molecular complexity index is 945. The van der Waals surface area contributed by atoms with Gasteiger partial charge < -0.3 is 5.32 Å². The van der Waals surface area contributed by atoms with Gasteiger partial charge in [-0.1, -0.05) is 17.7 Å². The van der Waals surface area contributed by atoms with Crippen molar-refractivity contribution in [1.29, 1.82) is 0 Å². The lowest BCUT2D eigenvalue weighted by molar-refractivity contribution is 0.0939. The first-order valence-electron chi connectivity index (χ1n) is 8.00. The van der Waals surface area contributed by atoms with Crippen LogP contribution in [-0.2, 0) is 16.4 Å². The molecule has 0 aliphatic carbocycles. The number of benzene rings is 2. The first-order chi connectivity index (χ1) is 12.5. The molecule has 2 aromatic rings. The standard InChI is InChI=1S/C18H19ClF2N2O3S/c1-11(9-14-16(20)5-4-6-17(14)21)22-18(24)13-10-12(7-8-15(13)19)27(25,26)23(2)3/h4-8,10-11H,9H2,1-3H3,(H,22,24). The van der Waals surface area contributed by atoms with E-state index in [4.69, 9.17) is 11.6 Å². The number of nitrogens with zero attached hydrogens (tertiary/aromatic N) is 1. The summed E-state index contributed by atoms with van der Waals surface area (Å²) in [5, 5.41) is 2.65. The van der Waals surface area contributed by atoms with E-state index in [0.29, 0.717) is 0 Å². The molecule has 0 bridgehead atoms. The van der Waals surface area contributed by atoms with Crippen molar-refractivity contribution in [3.05, 3.63) is 64.2 Å². The van der Waals surface area contributed by atoms with E-state index in [1.54, 1.807) is 6.92 Å². The normalized spacial score (nSPS) is 12.9. The van der Waals surface area contributed by atoms with Gasteiger partial charge in [0.1, 0.15) is 11.6 Å². The summed E-state index contributed by atoms with van der Waals surface area (Å²) in [6, 6.07) is 6.70. The van der Waals surface area contributed by atoms with Gasteiger partial charge in [0, 0.05) is 25.7 Å². The van der Waals surface area contributed by atoms with Crippen LogP contribution in [0.3, 0.4) is 0 Å². The number of hydrogen-bond donors (Lipinski definition) is 1. The molecule has 1 amide bonds. The van der Waals surface area contributed by atoms with Crippen molar-refractivity contribution < 1.29 is 22.0 Å². The van der Waals surface area contributed by atoms with Crippen molar-refractivity contribution in [3.8, 4) is 0 Å². The summed E-state index contributed by atoms with van der Waals surface area (Å²) < 4.78 is 53.0. The minimum atomic E-state index is -3.74. The summed E-state index contributed by atoms with van der Waals surface area (Å²) in [7, 11) is -1.00. The molecule has 1 unspecified atom stereocenters. The fraction of sp³-hybridized carbons (Fsp3) is 0.278. The SMILES string of the molecule is CC(Cc1c(F)cccc1F)NC(=O)c1cc(S(=O)(=O)N(C)C)ccc1Cl. The monoisotopic (exact) mass is 416 g/mol. The van der Waals surface area contributed by atoms with Gasteiger partial charge in [0.15, 0.2) is 0 Å². The molecule has 2 rings (SSSR count). The number of carbonyl (C=O) groups excluding carboxylic acids is 1. The second-order valence-corrected chi connectivity index (χ2v) is 8.77. The Hall–Kier alpha value is -2.03. The van der Waals surface area contributed by atoms with Crippen LogP contribution in [0, 0.1) is 11.6 Å². The first-order valence-corrected chi connectivity index (χ1v) is 9.81. The molecule has 0 heterocycles. The Labute approximate surface area is 162 Å². The Morgan fingerprint density at radius 2 is 1.78 bits per heavy atom. The molecule has 0 aromatic heterocycles. The molecular weight excluding hydrogens is 398 g/mol. The highest BCUT2D eigenvalue weighted by Crippen LogP contribution is 2.22. The van der Waals surface area contributed by atoms with Crippen LogP contribution in [0.1, 0.15) is 22.8 Å². The van der Waals surface area contributed by atoms with Crippen LogP contribution < -0.4 is 5.32 Å². The van der Waals surface area contributed by atoms with E-state index in [1.807, 2.05) is 0 Å². The van der Waals surface area contributed by atoms with Crippen LogP contribution in [0.4, 0.5) is 8.78 Å². The van der Waals surface area contributed by atoms with E-state index in [-0.39, 0.29) is 27.5 Å². The molecule has 0 fully saturated rings. The highest BCUT2D eigenvalue weighted by atomic mass is 35.5. The summed E-state index contributed by atoms with van der Waals surface area (Å²) in [6.07, 6.45) is -0.0719. The first kappa shape index (κ1) is 21.3. The topological polar surface area (TPSA) is 66.5 Å². The predicted octanol–water partition coefficient (Wildman–Crippen LogP) is 3.23. The molecule has 0 saturated heterocycles. The van der Waals surface area contributed by atoms with Crippen molar-refractivity contribution in [2.45, 2.75) is 24.3 Å². The van der Waals surface area contributed by atoms with Crippen molar-refractivity contribution in [3.63, 3.8) is 0 Å². The molecule has 0 aliphatic heterocycles. The van der Waals surface area contributed by atoms with Gasteiger partial charge in [-0.25, -0.2) is 21.5 Å². The van der Waals surface area contributed by atoms with Crippen molar-refractivity contribution >= 4 is 27.5 Å². The third-order valence-electron chi connectivity index (χ3n) is 3.91. The van der Waals surface area contributed by atoms with Gasteiger partial charge >= 0.3 is 0 Å². The van der Waals surface area contributed by atoms with E-state index < -0.39 is 33.6 Å². The Morgan fingerprint density at radius 1 is 1.19 bits per heavy atom. The Balaban J connectivity index is 2.23. The van der Waals surface area contributed by atoms with Gasteiger partial charge in [-0.15, -0.1) is 0 Å². The van der Waals surface area contributed by atoms with Crippen LogP contribution in [0.25, 0.3) is 0 Å². The van der Waals surface area contributed by atoms with Gasteiger partial charge in [-0.2, -0.15) is 0 Å². The molecule has 1 N–H and O–H groups in total. The lowest BCUT2D eigenvalue weighted by Crippen LogP contribution is -2.35. The van der Waals surface area contributed by atoms with Crippen molar-refractivity contribution in [2.24, 2.45) is 0 Å². The van der Waals surface area contributed by atoms with Gasteiger partial charge in [-0.05, 0) is 43.7 Å². The number of amides is 1. The van der Waals surface area contributed by atoms with E-state index in [9.17, 15) is 22.0 Å². The van der Waals surface area contributed by atoms with Crippen LogP contribution in [0.15, 0.2) is 41.3 Å². The van der Waals surface area contributed by atoms with Crippen LogP contribution >= 0.6 is 11.6 Å².